The quantitative estimate of drug-likeness (QED) is 0.420. The van der Waals surface area contributed by atoms with Crippen molar-refractivity contribution in [3.8, 4) is 5.75 Å². The van der Waals surface area contributed by atoms with E-state index < -0.39 is 47.9 Å². The molecule has 9 nitrogen and oxygen atoms in total. The molecular weight excluding hydrogens is 324 g/mol. The molecule has 3 rings (SSSR count). The van der Waals surface area contributed by atoms with Gasteiger partial charge < -0.3 is 35.0 Å². The third-order valence-corrected chi connectivity index (χ3v) is 4.48. The molecule has 5 atom stereocenters. The number of benzene rings is 1. The van der Waals surface area contributed by atoms with Crippen LogP contribution in [0.15, 0.2) is 24.3 Å². The van der Waals surface area contributed by atoms with Gasteiger partial charge in [0.1, 0.15) is 11.9 Å². The molecule has 2 aliphatic heterocycles. The first-order valence-electron chi connectivity index (χ1n) is 7.18. The average molecular weight is 340 g/mol. The van der Waals surface area contributed by atoms with Crippen LogP contribution in [0.3, 0.4) is 0 Å². The van der Waals surface area contributed by atoms with Gasteiger partial charge in [-0.25, -0.2) is 4.79 Å². The number of carbonyl (C=O) groups excluding carboxylic acids is 1. The number of hydrogen-bond acceptors (Lipinski definition) is 8. The molecule has 0 amide bonds. The molecule has 3 unspecified atom stereocenters. The van der Waals surface area contributed by atoms with E-state index in [0.717, 1.165) is 0 Å². The van der Waals surface area contributed by atoms with Crippen molar-refractivity contribution in [2.24, 2.45) is 0 Å². The number of esters is 1. The van der Waals surface area contributed by atoms with Crippen LogP contribution in [0.1, 0.15) is 17.9 Å². The standard InChI is InChI=1S/C15H16O9/c16-8-3-1-7(2-4-8)9(5-11(18)19)14(21)13(20)24-12-10(17)6-23-15(12,14)22/h1-4,9-10,12,16-17,21-22H,5-6H2,(H,18,19)/t9-,10?,12?,14+,15?/m1/s1. The predicted octanol–water partition coefficient (Wildman–Crippen LogP) is -1.31. The van der Waals surface area contributed by atoms with Crippen LogP contribution >= 0.6 is 0 Å². The lowest BCUT2D eigenvalue weighted by atomic mass is 9.74. The first-order chi connectivity index (χ1) is 11.2. The van der Waals surface area contributed by atoms with Crippen molar-refractivity contribution >= 4 is 11.9 Å². The molecule has 2 aliphatic rings. The Balaban J connectivity index is 2.10. The molecule has 0 radical (unpaired) electrons. The number of phenolic OH excluding ortho intramolecular Hbond substituents is 1. The van der Waals surface area contributed by atoms with Crippen LogP contribution in [0.2, 0.25) is 0 Å². The van der Waals surface area contributed by atoms with Crippen LogP contribution < -0.4 is 0 Å². The molecule has 24 heavy (non-hydrogen) atoms. The van der Waals surface area contributed by atoms with Gasteiger partial charge in [0, 0.05) is 5.92 Å². The van der Waals surface area contributed by atoms with E-state index >= 15 is 0 Å². The lowest BCUT2D eigenvalue weighted by Crippen LogP contribution is -2.61. The fourth-order valence-electron chi connectivity index (χ4n) is 3.26. The molecule has 5 N–H and O–H groups in total. The van der Waals surface area contributed by atoms with Crippen LogP contribution in [0.5, 0.6) is 5.75 Å². The number of aliphatic hydroxyl groups excluding tert-OH is 1. The highest BCUT2D eigenvalue weighted by molar-refractivity contribution is 5.86. The Bertz CT molecular complexity index is 672. The van der Waals surface area contributed by atoms with Gasteiger partial charge in [-0.2, -0.15) is 0 Å². The number of carboxylic acid groups (broad SMARTS) is 1. The van der Waals surface area contributed by atoms with Gasteiger partial charge >= 0.3 is 11.9 Å². The second kappa shape index (κ2) is 5.42. The zero-order valence-corrected chi connectivity index (χ0v) is 12.3. The van der Waals surface area contributed by atoms with Crippen LogP contribution in [-0.4, -0.2) is 67.7 Å². The number of aliphatic hydroxyl groups is 3. The summed E-state index contributed by atoms with van der Waals surface area (Å²) in [7, 11) is 0. The Morgan fingerprint density at radius 3 is 2.50 bits per heavy atom. The SMILES string of the molecule is O=C(O)C[C@H](c1ccc(O)cc1)[C@]1(O)C(=O)OC2C(O)COC21O. The van der Waals surface area contributed by atoms with Crippen LogP contribution in [0, 0.1) is 0 Å². The summed E-state index contributed by atoms with van der Waals surface area (Å²) in [6.07, 6.45) is -3.59. The maximum atomic E-state index is 12.3. The van der Waals surface area contributed by atoms with E-state index in [1.807, 2.05) is 0 Å². The summed E-state index contributed by atoms with van der Waals surface area (Å²) in [6.45, 7) is -0.383. The Labute approximate surface area is 135 Å². The lowest BCUT2D eigenvalue weighted by molar-refractivity contribution is -0.269. The van der Waals surface area contributed by atoms with Gasteiger partial charge in [-0.05, 0) is 17.7 Å². The number of phenols is 1. The third-order valence-electron chi connectivity index (χ3n) is 4.48. The van der Waals surface area contributed by atoms with Crippen molar-refractivity contribution in [1.82, 2.24) is 0 Å². The Kier molecular flexibility index (Phi) is 3.76. The fourth-order valence-corrected chi connectivity index (χ4v) is 3.26. The molecule has 0 aliphatic carbocycles. The Hall–Kier alpha value is -2.20. The first kappa shape index (κ1) is 16.7. The Morgan fingerprint density at radius 2 is 1.92 bits per heavy atom. The molecular formula is C15H16O9. The highest BCUT2D eigenvalue weighted by atomic mass is 16.7. The van der Waals surface area contributed by atoms with Gasteiger partial charge in [-0.15, -0.1) is 0 Å². The monoisotopic (exact) mass is 340 g/mol. The molecule has 9 heteroatoms. The second-order valence-electron chi connectivity index (χ2n) is 5.91. The molecule has 1 aromatic rings. The topological polar surface area (TPSA) is 154 Å². The first-order valence-corrected chi connectivity index (χ1v) is 7.18. The normalized spacial score (nSPS) is 36.2. The van der Waals surface area contributed by atoms with Crippen molar-refractivity contribution in [2.45, 2.75) is 35.9 Å². The van der Waals surface area contributed by atoms with Crippen molar-refractivity contribution in [2.75, 3.05) is 6.61 Å². The highest BCUT2D eigenvalue weighted by Crippen LogP contribution is 2.50. The molecule has 130 valence electrons. The molecule has 2 heterocycles. The van der Waals surface area contributed by atoms with E-state index in [1.165, 1.54) is 24.3 Å². The predicted molar refractivity (Wildman–Crippen MR) is 74.8 cm³/mol. The summed E-state index contributed by atoms with van der Waals surface area (Å²) < 4.78 is 9.91. The van der Waals surface area contributed by atoms with E-state index in [1.54, 1.807) is 0 Å². The highest BCUT2D eigenvalue weighted by Gasteiger charge is 2.75. The molecule has 2 fully saturated rings. The number of carboxylic acids is 1. The van der Waals surface area contributed by atoms with Gasteiger partial charge in [0.15, 0.2) is 6.10 Å². The number of hydrogen-bond donors (Lipinski definition) is 5. The van der Waals surface area contributed by atoms with Gasteiger partial charge in [-0.1, -0.05) is 12.1 Å². The minimum absolute atomic E-state index is 0.0991. The van der Waals surface area contributed by atoms with Crippen LogP contribution in [0.4, 0.5) is 0 Å². The maximum Gasteiger partial charge on any atom is 0.345 e. The minimum Gasteiger partial charge on any atom is -0.508 e. The average Bonchev–Trinajstić information content (AvgIpc) is 2.92. The number of ether oxygens (including phenoxy) is 2. The Morgan fingerprint density at radius 1 is 1.29 bits per heavy atom. The second-order valence-corrected chi connectivity index (χ2v) is 5.91. The smallest absolute Gasteiger partial charge is 0.345 e. The number of fused-ring (bicyclic) bond motifs is 1. The summed E-state index contributed by atoms with van der Waals surface area (Å²) in [5.74, 6) is -6.73. The summed E-state index contributed by atoms with van der Waals surface area (Å²) in [4.78, 5) is 23.5. The third kappa shape index (κ3) is 2.17. The summed E-state index contributed by atoms with van der Waals surface area (Å²) in [5.41, 5.74) is -2.56. The van der Waals surface area contributed by atoms with Gasteiger partial charge in [0.25, 0.3) is 0 Å². The summed E-state index contributed by atoms with van der Waals surface area (Å²) >= 11 is 0. The zero-order valence-electron chi connectivity index (χ0n) is 12.3. The number of rotatable bonds is 4. The molecule has 1 aromatic carbocycles. The number of aromatic hydroxyl groups is 1. The number of carbonyl (C=O) groups is 2. The fraction of sp³-hybridized carbons (Fsp3) is 0.467. The van der Waals surface area contributed by atoms with Crippen molar-refractivity contribution in [1.29, 1.82) is 0 Å². The molecule has 0 aromatic heterocycles. The summed E-state index contributed by atoms with van der Waals surface area (Å²) in [5, 5.41) is 49.9. The molecule has 0 bridgehead atoms. The lowest BCUT2D eigenvalue weighted by Gasteiger charge is -2.37. The van der Waals surface area contributed by atoms with Crippen LogP contribution in [0.25, 0.3) is 0 Å². The van der Waals surface area contributed by atoms with Crippen molar-refractivity contribution < 1.29 is 44.6 Å². The molecule has 0 spiro atoms. The van der Waals surface area contributed by atoms with E-state index in [0.29, 0.717) is 0 Å². The van der Waals surface area contributed by atoms with Crippen molar-refractivity contribution in [3.63, 3.8) is 0 Å². The van der Waals surface area contributed by atoms with Gasteiger partial charge in [-0.3, -0.25) is 4.79 Å². The van der Waals surface area contributed by atoms with E-state index in [4.69, 9.17) is 14.6 Å². The van der Waals surface area contributed by atoms with Gasteiger partial charge in [0.2, 0.25) is 11.4 Å². The zero-order chi connectivity index (χ0) is 17.7. The maximum absolute atomic E-state index is 12.3. The molecule has 0 saturated carbocycles. The summed E-state index contributed by atoms with van der Waals surface area (Å²) in [6, 6.07) is 5.13. The van der Waals surface area contributed by atoms with Gasteiger partial charge in [0.05, 0.1) is 13.0 Å². The minimum atomic E-state index is -2.73. The van der Waals surface area contributed by atoms with Crippen molar-refractivity contribution in [3.05, 3.63) is 29.8 Å². The van der Waals surface area contributed by atoms with E-state index in [-0.39, 0.29) is 17.9 Å². The van der Waals surface area contributed by atoms with E-state index in [2.05, 4.69) is 0 Å². The largest absolute Gasteiger partial charge is 0.508 e. The number of aliphatic carboxylic acids is 1. The van der Waals surface area contributed by atoms with Crippen LogP contribution in [-0.2, 0) is 19.1 Å². The van der Waals surface area contributed by atoms with E-state index in [9.17, 15) is 30.0 Å². The molecule has 2 saturated heterocycles.